The summed E-state index contributed by atoms with van der Waals surface area (Å²) in [6.07, 6.45) is 3.52. The van der Waals surface area contributed by atoms with Crippen LogP contribution < -0.4 is 10.6 Å². The zero-order valence-corrected chi connectivity index (χ0v) is 18.3. The van der Waals surface area contributed by atoms with Gasteiger partial charge in [-0.15, -0.1) is 0 Å². The number of hydrogen-bond donors (Lipinski definition) is 2. The van der Waals surface area contributed by atoms with Gasteiger partial charge in [-0.25, -0.2) is 4.79 Å². The van der Waals surface area contributed by atoms with Gasteiger partial charge in [0.2, 0.25) is 11.8 Å². The molecule has 2 atom stereocenters. The van der Waals surface area contributed by atoms with Gasteiger partial charge in [0, 0.05) is 30.8 Å². The maximum absolute atomic E-state index is 13.2. The first-order chi connectivity index (χ1) is 16.0. The average molecular weight is 447 g/mol. The highest BCUT2D eigenvalue weighted by Gasteiger charge is 2.39. The van der Waals surface area contributed by atoms with Gasteiger partial charge in [0.15, 0.2) is 0 Å². The number of amides is 5. The second kappa shape index (κ2) is 8.69. The van der Waals surface area contributed by atoms with Crippen LogP contribution in [0.4, 0.5) is 10.5 Å². The number of fused-ring (bicyclic) bond motifs is 1. The molecule has 3 aliphatic rings. The third kappa shape index (κ3) is 4.08. The number of hydrogen-bond acceptors (Lipinski definition) is 4. The van der Waals surface area contributed by atoms with Crippen LogP contribution in [-0.4, -0.2) is 46.1 Å². The van der Waals surface area contributed by atoms with Crippen LogP contribution in [0.15, 0.2) is 48.5 Å². The second-order valence-corrected chi connectivity index (χ2v) is 8.82. The van der Waals surface area contributed by atoms with Gasteiger partial charge in [-0.1, -0.05) is 30.3 Å². The fraction of sp³-hybridized carbons (Fsp3) is 0.360. The van der Waals surface area contributed by atoms with Crippen LogP contribution in [0.1, 0.15) is 59.6 Å². The lowest BCUT2D eigenvalue weighted by Crippen LogP contribution is -2.52. The molecule has 0 saturated carbocycles. The van der Waals surface area contributed by atoms with E-state index in [4.69, 9.17) is 0 Å². The summed E-state index contributed by atoms with van der Waals surface area (Å²) in [5, 5.41) is 5.31. The summed E-state index contributed by atoms with van der Waals surface area (Å²) < 4.78 is 0. The Bertz CT molecular complexity index is 1120. The summed E-state index contributed by atoms with van der Waals surface area (Å²) in [5.41, 5.74) is 3.04. The third-order valence-corrected chi connectivity index (χ3v) is 6.72. The maximum atomic E-state index is 13.2. The van der Waals surface area contributed by atoms with E-state index in [-0.39, 0.29) is 36.9 Å². The Balaban J connectivity index is 1.30. The van der Waals surface area contributed by atoms with E-state index in [1.807, 2.05) is 23.1 Å². The van der Waals surface area contributed by atoms with Crippen molar-refractivity contribution in [3.63, 3.8) is 0 Å². The highest BCUT2D eigenvalue weighted by atomic mass is 16.2. The molecule has 5 amide bonds. The fourth-order valence-electron chi connectivity index (χ4n) is 5.04. The first-order valence-corrected chi connectivity index (χ1v) is 11.4. The zero-order chi connectivity index (χ0) is 22.9. The molecular formula is C25H26N4O4. The molecule has 0 aromatic heterocycles. The Morgan fingerprint density at radius 3 is 2.58 bits per heavy atom. The van der Waals surface area contributed by atoms with E-state index < -0.39 is 11.9 Å². The Kier molecular flexibility index (Phi) is 5.58. The van der Waals surface area contributed by atoms with Gasteiger partial charge in [0.05, 0.1) is 6.04 Å². The summed E-state index contributed by atoms with van der Waals surface area (Å²) in [6.45, 7) is 0.971. The molecule has 33 heavy (non-hydrogen) atoms. The normalized spacial score (nSPS) is 22.7. The molecule has 0 bridgehead atoms. The van der Waals surface area contributed by atoms with Crippen molar-refractivity contribution >= 4 is 29.4 Å². The first kappa shape index (κ1) is 21.2. The standard InChI is InChI=1S/C25H26N4O4/c30-22-12-11-21(23(31)27-22)29-15-17-14-18(9-10-19(17)24(29)32)26-25(33)28-13-5-4-8-20(28)16-6-2-1-3-7-16/h1-3,6-7,9-10,14,20-21H,4-5,8,11-13,15H2,(H,26,33)(H,27,30,31). The van der Waals surface area contributed by atoms with Gasteiger partial charge in [-0.2, -0.15) is 0 Å². The van der Waals surface area contributed by atoms with Crippen molar-refractivity contribution in [2.75, 3.05) is 11.9 Å². The van der Waals surface area contributed by atoms with Crippen molar-refractivity contribution < 1.29 is 19.2 Å². The van der Waals surface area contributed by atoms with Gasteiger partial charge in [0.1, 0.15) is 6.04 Å². The minimum atomic E-state index is -0.652. The van der Waals surface area contributed by atoms with Crippen molar-refractivity contribution in [3.8, 4) is 0 Å². The molecule has 3 aliphatic heterocycles. The average Bonchev–Trinajstić information content (AvgIpc) is 3.15. The largest absolute Gasteiger partial charge is 0.322 e. The van der Waals surface area contributed by atoms with E-state index in [1.165, 1.54) is 4.90 Å². The Hall–Kier alpha value is -3.68. The second-order valence-electron chi connectivity index (χ2n) is 8.82. The third-order valence-electron chi connectivity index (χ3n) is 6.72. The van der Waals surface area contributed by atoms with Gasteiger partial charge in [-0.3, -0.25) is 19.7 Å². The molecule has 2 N–H and O–H groups in total. The van der Waals surface area contributed by atoms with Crippen molar-refractivity contribution in [1.82, 2.24) is 15.1 Å². The number of nitrogens with one attached hydrogen (secondary N) is 2. The molecule has 2 saturated heterocycles. The number of imide groups is 1. The van der Waals surface area contributed by atoms with E-state index in [2.05, 4.69) is 22.8 Å². The molecular weight excluding hydrogens is 420 g/mol. The van der Waals surface area contributed by atoms with Gasteiger partial charge in [-0.05, 0) is 55.0 Å². The lowest BCUT2D eigenvalue weighted by molar-refractivity contribution is -0.136. The van der Waals surface area contributed by atoms with E-state index in [0.29, 0.717) is 24.2 Å². The number of piperidine rings is 2. The van der Waals surface area contributed by atoms with Gasteiger partial charge in [0.25, 0.3) is 5.91 Å². The molecule has 2 aromatic carbocycles. The summed E-state index contributed by atoms with van der Waals surface area (Å²) in [5.74, 6) is -0.965. The summed E-state index contributed by atoms with van der Waals surface area (Å²) in [6, 6.07) is 14.5. The number of urea groups is 1. The van der Waals surface area contributed by atoms with Crippen LogP contribution >= 0.6 is 0 Å². The van der Waals surface area contributed by atoms with Gasteiger partial charge >= 0.3 is 6.03 Å². The topological polar surface area (TPSA) is 98.8 Å². The number of rotatable bonds is 3. The van der Waals surface area contributed by atoms with E-state index >= 15 is 0 Å². The van der Waals surface area contributed by atoms with Crippen LogP contribution in [0, 0.1) is 0 Å². The highest BCUT2D eigenvalue weighted by Crippen LogP contribution is 2.33. The lowest BCUT2D eigenvalue weighted by atomic mass is 9.95. The van der Waals surface area contributed by atoms with Crippen LogP contribution in [0.5, 0.6) is 0 Å². The molecule has 8 nitrogen and oxygen atoms in total. The van der Waals surface area contributed by atoms with Crippen molar-refractivity contribution in [2.45, 2.75) is 50.7 Å². The molecule has 2 fully saturated rings. The molecule has 2 aromatic rings. The molecule has 3 heterocycles. The summed E-state index contributed by atoms with van der Waals surface area (Å²) in [4.78, 5) is 53.1. The Labute approximate surface area is 191 Å². The number of carbonyl (C=O) groups is 4. The molecule has 2 unspecified atom stereocenters. The molecule has 170 valence electrons. The zero-order valence-electron chi connectivity index (χ0n) is 18.3. The first-order valence-electron chi connectivity index (χ1n) is 11.4. The number of benzene rings is 2. The van der Waals surface area contributed by atoms with Crippen LogP contribution in [0.3, 0.4) is 0 Å². The SMILES string of the molecule is O=C1CCC(N2Cc3cc(NC(=O)N4CCCCC4c4ccccc4)ccc3C2=O)C(=O)N1. The predicted molar refractivity (Wildman–Crippen MR) is 121 cm³/mol. The number of anilines is 1. The lowest BCUT2D eigenvalue weighted by Gasteiger charge is -2.36. The quantitative estimate of drug-likeness (QED) is 0.708. The number of likely N-dealkylation sites (tertiary alicyclic amines) is 1. The number of nitrogens with zero attached hydrogens (tertiary/aromatic N) is 2. The van der Waals surface area contributed by atoms with E-state index in [1.54, 1.807) is 18.2 Å². The molecule has 0 aliphatic carbocycles. The van der Waals surface area contributed by atoms with Gasteiger partial charge < -0.3 is 15.1 Å². The van der Waals surface area contributed by atoms with Crippen LogP contribution in [-0.2, 0) is 16.1 Å². The molecule has 8 heteroatoms. The summed E-state index contributed by atoms with van der Waals surface area (Å²) >= 11 is 0. The summed E-state index contributed by atoms with van der Waals surface area (Å²) in [7, 11) is 0. The van der Waals surface area contributed by atoms with Crippen LogP contribution in [0.2, 0.25) is 0 Å². The van der Waals surface area contributed by atoms with E-state index in [9.17, 15) is 19.2 Å². The fourth-order valence-corrected chi connectivity index (χ4v) is 5.04. The molecule has 0 radical (unpaired) electrons. The highest BCUT2D eigenvalue weighted by molar-refractivity contribution is 6.05. The van der Waals surface area contributed by atoms with Crippen molar-refractivity contribution in [2.24, 2.45) is 0 Å². The monoisotopic (exact) mass is 446 g/mol. The minimum absolute atomic E-state index is 0.0407. The smallest absolute Gasteiger partial charge is 0.322 e. The molecule has 5 rings (SSSR count). The van der Waals surface area contributed by atoms with E-state index in [0.717, 1.165) is 30.4 Å². The maximum Gasteiger partial charge on any atom is 0.322 e. The van der Waals surface area contributed by atoms with Crippen LogP contribution in [0.25, 0.3) is 0 Å². The molecule has 0 spiro atoms. The number of carbonyl (C=O) groups excluding carboxylic acids is 4. The predicted octanol–water partition coefficient (Wildman–Crippen LogP) is 3.21. The van der Waals surface area contributed by atoms with Crippen molar-refractivity contribution in [1.29, 1.82) is 0 Å². The minimum Gasteiger partial charge on any atom is -0.322 e. The van der Waals surface area contributed by atoms with Crippen molar-refractivity contribution in [3.05, 3.63) is 65.2 Å². The Morgan fingerprint density at radius 2 is 1.79 bits per heavy atom. The Morgan fingerprint density at radius 1 is 0.970 bits per heavy atom.